The van der Waals surface area contributed by atoms with E-state index in [1.54, 1.807) is 31.0 Å². The summed E-state index contributed by atoms with van der Waals surface area (Å²) >= 11 is 0. The van der Waals surface area contributed by atoms with Gasteiger partial charge in [-0.05, 0) is 35.2 Å². The molecule has 0 radical (unpaired) electrons. The molecule has 1 aliphatic heterocycles. The molecule has 2 aromatic carbocycles. The number of rotatable bonds is 7. The van der Waals surface area contributed by atoms with Crippen molar-refractivity contribution in [3.63, 3.8) is 0 Å². The SMILES string of the molecule is CCC(=O)Nc1ccc2c(c1)C(=O)N(CCNc1nccc3ccc(-c4noc(C)n4)cc13)C2. The quantitative estimate of drug-likeness (QED) is 0.432. The van der Waals surface area contributed by atoms with Crippen LogP contribution in [0.15, 0.2) is 53.2 Å². The van der Waals surface area contributed by atoms with Gasteiger partial charge in [0.1, 0.15) is 5.82 Å². The molecule has 9 heteroatoms. The number of pyridine rings is 1. The first-order chi connectivity index (χ1) is 16.5. The smallest absolute Gasteiger partial charge is 0.254 e. The lowest BCUT2D eigenvalue weighted by molar-refractivity contribution is -0.115. The minimum atomic E-state index is -0.0772. The zero-order valence-electron chi connectivity index (χ0n) is 19.0. The Morgan fingerprint density at radius 3 is 2.85 bits per heavy atom. The van der Waals surface area contributed by atoms with Crippen LogP contribution in [0.1, 0.15) is 35.2 Å². The lowest BCUT2D eigenvalue weighted by Gasteiger charge is -2.17. The van der Waals surface area contributed by atoms with Gasteiger partial charge in [-0.2, -0.15) is 4.98 Å². The zero-order valence-corrected chi connectivity index (χ0v) is 19.0. The Hall–Kier alpha value is -4.27. The van der Waals surface area contributed by atoms with Crippen molar-refractivity contribution < 1.29 is 14.1 Å². The van der Waals surface area contributed by atoms with Gasteiger partial charge in [0.15, 0.2) is 0 Å². The largest absolute Gasteiger partial charge is 0.368 e. The Bertz CT molecular complexity index is 1400. The summed E-state index contributed by atoms with van der Waals surface area (Å²) in [7, 11) is 0. The molecule has 2 amide bonds. The van der Waals surface area contributed by atoms with Crippen LogP contribution in [-0.4, -0.2) is 44.9 Å². The highest BCUT2D eigenvalue weighted by atomic mass is 16.5. The number of aryl methyl sites for hydroxylation is 1. The van der Waals surface area contributed by atoms with Crippen LogP contribution in [0.2, 0.25) is 0 Å². The molecule has 0 bridgehead atoms. The van der Waals surface area contributed by atoms with E-state index in [1.165, 1.54) is 0 Å². The fourth-order valence-electron chi connectivity index (χ4n) is 4.04. The molecule has 172 valence electrons. The van der Waals surface area contributed by atoms with Gasteiger partial charge in [-0.25, -0.2) is 4.98 Å². The second kappa shape index (κ2) is 8.93. The van der Waals surface area contributed by atoms with E-state index >= 15 is 0 Å². The van der Waals surface area contributed by atoms with E-state index in [0.717, 1.165) is 27.7 Å². The molecule has 2 aromatic heterocycles. The topological polar surface area (TPSA) is 113 Å². The maximum absolute atomic E-state index is 12.9. The van der Waals surface area contributed by atoms with Crippen LogP contribution >= 0.6 is 0 Å². The first kappa shape index (κ1) is 21.6. The number of carbonyl (C=O) groups excluding carboxylic acids is 2. The maximum Gasteiger partial charge on any atom is 0.254 e. The van der Waals surface area contributed by atoms with Crippen molar-refractivity contribution in [2.45, 2.75) is 26.8 Å². The fraction of sp³-hybridized carbons (Fsp3) is 0.240. The number of nitrogens with one attached hydrogen (secondary N) is 2. The third-order valence-electron chi connectivity index (χ3n) is 5.82. The number of amides is 2. The number of benzene rings is 2. The minimum Gasteiger partial charge on any atom is -0.368 e. The molecule has 0 fully saturated rings. The second-order valence-electron chi connectivity index (χ2n) is 8.16. The fourth-order valence-corrected chi connectivity index (χ4v) is 4.04. The highest BCUT2D eigenvalue weighted by Gasteiger charge is 2.27. The highest BCUT2D eigenvalue weighted by Crippen LogP contribution is 2.28. The summed E-state index contributed by atoms with van der Waals surface area (Å²) in [4.78, 5) is 35.2. The van der Waals surface area contributed by atoms with Crippen LogP contribution in [-0.2, 0) is 11.3 Å². The summed E-state index contributed by atoms with van der Waals surface area (Å²) in [6, 6.07) is 13.4. The summed E-state index contributed by atoms with van der Waals surface area (Å²) in [5, 5.41) is 12.1. The Morgan fingerprint density at radius 2 is 2.06 bits per heavy atom. The van der Waals surface area contributed by atoms with Gasteiger partial charge in [-0.1, -0.05) is 30.3 Å². The number of anilines is 2. The third-order valence-corrected chi connectivity index (χ3v) is 5.82. The molecule has 34 heavy (non-hydrogen) atoms. The van der Waals surface area contributed by atoms with Crippen LogP contribution in [0.5, 0.6) is 0 Å². The van der Waals surface area contributed by atoms with Crippen LogP contribution < -0.4 is 10.6 Å². The zero-order chi connectivity index (χ0) is 23.7. The van der Waals surface area contributed by atoms with Crippen molar-refractivity contribution in [2.24, 2.45) is 0 Å². The van der Waals surface area contributed by atoms with Crippen molar-refractivity contribution in [1.29, 1.82) is 0 Å². The molecule has 5 rings (SSSR count). The van der Waals surface area contributed by atoms with E-state index in [1.807, 2.05) is 36.4 Å². The van der Waals surface area contributed by atoms with Crippen molar-refractivity contribution >= 4 is 34.1 Å². The molecule has 0 saturated heterocycles. The summed E-state index contributed by atoms with van der Waals surface area (Å²) in [5.41, 5.74) is 3.09. The van der Waals surface area contributed by atoms with Gasteiger partial charge in [0.05, 0.1) is 0 Å². The minimum absolute atomic E-state index is 0.0370. The molecule has 0 aliphatic carbocycles. The first-order valence-electron chi connectivity index (χ1n) is 11.2. The molecule has 9 nitrogen and oxygen atoms in total. The normalized spacial score (nSPS) is 12.8. The van der Waals surface area contributed by atoms with Crippen molar-refractivity contribution in [3.8, 4) is 11.4 Å². The van der Waals surface area contributed by atoms with Gasteiger partial charge in [-0.3, -0.25) is 9.59 Å². The average Bonchev–Trinajstić information content (AvgIpc) is 3.42. The van der Waals surface area contributed by atoms with Gasteiger partial charge in [-0.15, -0.1) is 0 Å². The van der Waals surface area contributed by atoms with Gasteiger partial charge in [0.2, 0.25) is 17.6 Å². The van der Waals surface area contributed by atoms with Crippen LogP contribution in [0.4, 0.5) is 11.5 Å². The summed E-state index contributed by atoms with van der Waals surface area (Å²) in [5.74, 6) is 1.66. The highest BCUT2D eigenvalue weighted by molar-refractivity contribution is 6.00. The number of carbonyl (C=O) groups is 2. The Kier molecular flexibility index (Phi) is 5.67. The number of nitrogens with zero attached hydrogens (tertiary/aromatic N) is 4. The lowest BCUT2D eigenvalue weighted by Crippen LogP contribution is -2.29. The van der Waals surface area contributed by atoms with E-state index in [4.69, 9.17) is 4.52 Å². The lowest BCUT2D eigenvalue weighted by atomic mass is 10.1. The van der Waals surface area contributed by atoms with E-state index < -0.39 is 0 Å². The van der Waals surface area contributed by atoms with Crippen molar-refractivity contribution in [3.05, 3.63) is 65.7 Å². The van der Waals surface area contributed by atoms with Crippen molar-refractivity contribution in [1.82, 2.24) is 20.0 Å². The molecule has 2 N–H and O–H groups in total. The van der Waals surface area contributed by atoms with Crippen LogP contribution in [0, 0.1) is 6.92 Å². The number of aromatic nitrogens is 3. The monoisotopic (exact) mass is 456 g/mol. The van der Waals surface area contributed by atoms with Crippen LogP contribution in [0.3, 0.4) is 0 Å². The number of hydrogen-bond acceptors (Lipinski definition) is 7. The third kappa shape index (κ3) is 4.19. The van der Waals surface area contributed by atoms with Gasteiger partial charge < -0.3 is 20.1 Å². The van der Waals surface area contributed by atoms with E-state index in [-0.39, 0.29) is 11.8 Å². The molecule has 3 heterocycles. The molecule has 0 atom stereocenters. The average molecular weight is 457 g/mol. The standard InChI is InChI=1S/C25H24N6O3/c1-3-22(32)29-19-7-6-18-14-31(25(33)21(18)13-19)11-10-27-24-20-12-17(23-28-15(2)34-30-23)5-4-16(20)8-9-26-24/h4-9,12-13H,3,10-11,14H2,1-2H3,(H,26,27)(H,29,32). The van der Waals surface area contributed by atoms with Crippen LogP contribution in [0.25, 0.3) is 22.2 Å². The molecule has 4 aromatic rings. The Balaban J connectivity index is 1.28. The number of fused-ring (bicyclic) bond motifs is 2. The molecular formula is C25H24N6O3. The van der Waals surface area contributed by atoms with E-state index in [0.29, 0.717) is 49.0 Å². The molecule has 1 aliphatic rings. The predicted octanol–water partition coefficient (Wildman–Crippen LogP) is 4.01. The second-order valence-corrected chi connectivity index (χ2v) is 8.16. The Morgan fingerprint density at radius 1 is 1.18 bits per heavy atom. The predicted molar refractivity (Wildman–Crippen MR) is 128 cm³/mol. The van der Waals surface area contributed by atoms with Crippen molar-refractivity contribution in [2.75, 3.05) is 23.7 Å². The Labute approximate surface area is 196 Å². The molecular weight excluding hydrogens is 432 g/mol. The number of hydrogen-bond donors (Lipinski definition) is 2. The van der Waals surface area contributed by atoms with Gasteiger partial charge in [0.25, 0.3) is 5.91 Å². The summed E-state index contributed by atoms with van der Waals surface area (Å²) < 4.78 is 5.10. The first-order valence-corrected chi connectivity index (χ1v) is 11.2. The maximum atomic E-state index is 12.9. The summed E-state index contributed by atoms with van der Waals surface area (Å²) in [6.07, 6.45) is 2.15. The van der Waals surface area contributed by atoms with Gasteiger partial charge in [0, 0.05) is 61.4 Å². The molecule has 0 spiro atoms. The van der Waals surface area contributed by atoms with Gasteiger partial charge >= 0.3 is 0 Å². The summed E-state index contributed by atoms with van der Waals surface area (Å²) in [6.45, 7) is 5.15. The molecule has 0 saturated carbocycles. The van der Waals surface area contributed by atoms with E-state index in [9.17, 15) is 9.59 Å². The van der Waals surface area contributed by atoms with E-state index in [2.05, 4.69) is 25.8 Å². The molecule has 0 unspecified atom stereocenters.